The van der Waals surface area contributed by atoms with Crippen molar-refractivity contribution in [2.45, 2.75) is 31.7 Å². The minimum atomic E-state index is -0.737. The van der Waals surface area contributed by atoms with Crippen molar-refractivity contribution in [3.05, 3.63) is 64.4 Å². The lowest BCUT2D eigenvalue weighted by Gasteiger charge is -2.25. The van der Waals surface area contributed by atoms with Crippen LogP contribution in [0.5, 0.6) is 5.75 Å². The highest BCUT2D eigenvalue weighted by molar-refractivity contribution is 6.32. The molecule has 1 unspecified atom stereocenters. The van der Waals surface area contributed by atoms with Crippen LogP contribution in [0.4, 0.5) is 4.39 Å². The Morgan fingerprint density at radius 2 is 1.97 bits per heavy atom. The second-order valence-electron chi connectivity index (χ2n) is 8.39. The first-order valence-corrected chi connectivity index (χ1v) is 10.2. The lowest BCUT2D eigenvalue weighted by Crippen LogP contribution is -2.42. The molecular weight excluding hydrogens is 391 g/mol. The largest absolute Gasteiger partial charge is 0.504 e. The van der Waals surface area contributed by atoms with Gasteiger partial charge in [-0.1, -0.05) is 55.8 Å². The number of hydrogen-bond acceptors (Lipinski definition) is 3. The van der Waals surface area contributed by atoms with E-state index in [4.69, 9.17) is 11.6 Å². The van der Waals surface area contributed by atoms with E-state index in [2.05, 4.69) is 31.3 Å². The second-order valence-corrected chi connectivity index (χ2v) is 8.80. The molecule has 2 aromatic rings. The minimum Gasteiger partial charge on any atom is -0.504 e. The summed E-state index contributed by atoms with van der Waals surface area (Å²) in [5.41, 5.74) is 1.71. The van der Waals surface area contributed by atoms with Gasteiger partial charge in [0.15, 0.2) is 11.6 Å². The maximum atomic E-state index is 13.8. The number of amides is 1. The summed E-state index contributed by atoms with van der Waals surface area (Å²) in [6, 6.07) is 13.0. The van der Waals surface area contributed by atoms with Gasteiger partial charge in [-0.3, -0.25) is 4.79 Å². The third kappa shape index (κ3) is 4.26. The van der Waals surface area contributed by atoms with Crippen LogP contribution in [0.25, 0.3) is 0 Å². The molecule has 1 saturated carbocycles. The molecule has 0 heterocycles. The summed E-state index contributed by atoms with van der Waals surface area (Å²) >= 11 is 5.89. The summed E-state index contributed by atoms with van der Waals surface area (Å²) in [6.07, 6.45) is 0.500. The fourth-order valence-electron chi connectivity index (χ4n) is 4.24. The number of carbonyl (C=O) groups is 1. The maximum absolute atomic E-state index is 13.8. The van der Waals surface area contributed by atoms with Gasteiger partial charge in [-0.15, -0.1) is 0 Å². The van der Waals surface area contributed by atoms with Gasteiger partial charge in [0.1, 0.15) is 0 Å². The fourth-order valence-corrected chi connectivity index (χ4v) is 4.47. The Balaban J connectivity index is 1.65. The molecule has 2 N–H and O–H groups in total. The van der Waals surface area contributed by atoms with E-state index in [1.54, 1.807) is 6.07 Å². The van der Waals surface area contributed by atoms with Crippen LogP contribution in [-0.4, -0.2) is 42.6 Å². The number of nitrogens with zero attached hydrogens (tertiary/aromatic N) is 1. The van der Waals surface area contributed by atoms with Crippen LogP contribution in [0, 0.1) is 17.7 Å². The van der Waals surface area contributed by atoms with Crippen molar-refractivity contribution in [1.82, 2.24) is 10.2 Å². The molecule has 1 aliphatic carbocycles. The molecule has 1 aliphatic rings. The molecule has 3 rings (SSSR count). The van der Waals surface area contributed by atoms with Crippen molar-refractivity contribution in [1.29, 1.82) is 0 Å². The number of carbonyl (C=O) groups excluding carboxylic acids is 1. The van der Waals surface area contributed by atoms with Crippen LogP contribution in [0.2, 0.25) is 5.02 Å². The van der Waals surface area contributed by atoms with Crippen LogP contribution in [0.3, 0.4) is 0 Å². The predicted molar refractivity (Wildman–Crippen MR) is 114 cm³/mol. The highest BCUT2D eigenvalue weighted by Gasteiger charge is 2.62. The molecule has 0 spiro atoms. The second kappa shape index (κ2) is 8.33. The van der Waals surface area contributed by atoms with Gasteiger partial charge in [-0.05, 0) is 49.7 Å². The Kier molecular flexibility index (Phi) is 6.20. The highest BCUT2D eigenvalue weighted by atomic mass is 35.5. The van der Waals surface area contributed by atoms with E-state index in [9.17, 15) is 14.3 Å². The van der Waals surface area contributed by atoms with Gasteiger partial charge in [0.05, 0.1) is 10.9 Å². The average molecular weight is 419 g/mol. The zero-order valence-corrected chi connectivity index (χ0v) is 18.0. The van der Waals surface area contributed by atoms with Crippen molar-refractivity contribution < 1.29 is 14.3 Å². The summed E-state index contributed by atoms with van der Waals surface area (Å²) in [5.74, 6) is -1.01. The molecule has 6 heteroatoms. The zero-order chi connectivity index (χ0) is 21.3. The summed E-state index contributed by atoms with van der Waals surface area (Å²) in [6.45, 7) is 4.70. The van der Waals surface area contributed by atoms with Crippen molar-refractivity contribution in [3.8, 4) is 5.75 Å². The summed E-state index contributed by atoms with van der Waals surface area (Å²) in [7, 11) is 3.84. The summed E-state index contributed by atoms with van der Waals surface area (Å²) in [4.78, 5) is 14.9. The number of likely N-dealkylation sites (N-methyl/N-ethyl adjacent to an activating group) is 1. The minimum absolute atomic E-state index is 0.00743. The van der Waals surface area contributed by atoms with E-state index in [0.717, 1.165) is 0 Å². The lowest BCUT2D eigenvalue weighted by atomic mass is 9.94. The van der Waals surface area contributed by atoms with E-state index in [1.165, 1.54) is 11.6 Å². The molecule has 1 amide bonds. The van der Waals surface area contributed by atoms with Crippen molar-refractivity contribution in [3.63, 3.8) is 0 Å². The van der Waals surface area contributed by atoms with E-state index < -0.39 is 11.6 Å². The molecule has 1 fully saturated rings. The third-order valence-corrected chi connectivity index (χ3v) is 6.74. The van der Waals surface area contributed by atoms with Crippen LogP contribution in [-0.2, 0) is 16.6 Å². The van der Waals surface area contributed by atoms with E-state index in [0.29, 0.717) is 18.5 Å². The van der Waals surface area contributed by atoms with Gasteiger partial charge >= 0.3 is 0 Å². The average Bonchev–Trinajstić information content (AvgIpc) is 3.25. The third-order valence-electron chi connectivity index (χ3n) is 6.45. The van der Waals surface area contributed by atoms with Crippen LogP contribution >= 0.6 is 11.6 Å². The highest BCUT2D eigenvalue weighted by Crippen LogP contribution is 2.59. The molecule has 0 saturated heterocycles. The summed E-state index contributed by atoms with van der Waals surface area (Å²) < 4.78 is 13.8. The predicted octanol–water partition coefficient (Wildman–Crippen LogP) is 4.00. The smallest absolute Gasteiger partial charge is 0.224 e. The zero-order valence-electron chi connectivity index (χ0n) is 17.2. The molecule has 0 aliphatic heterocycles. The number of aromatic hydroxyl groups is 1. The molecule has 4 atom stereocenters. The molecule has 0 aromatic heterocycles. The van der Waals surface area contributed by atoms with Crippen molar-refractivity contribution >= 4 is 17.5 Å². The number of phenols is 1. The Morgan fingerprint density at radius 1 is 1.31 bits per heavy atom. The van der Waals surface area contributed by atoms with Gasteiger partial charge in [0.2, 0.25) is 5.91 Å². The molecular formula is C23H28ClFN2O2. The van der Waals surface area contributed by atoms with E-state index in [1.807, 2.05) is 37.2 Å². The number of halogens is 2. The van der Waals surface area contributed by atoms with Crippen molar-refractivity contribution in [2.75, 3.05) is 20.6 Å². The molecule has 4 nitrogen and oxygen atoms in total. The Bertz CT molecular complexity index is 867. The number of hydrogen-bond donors (Lipinski definition) is 2. The first-order valence-electron chi connectivity index (χ1n) is 9.82. The van der Waals surface area contributed by atoms with Crippen LogP contribution < -0.4 is 5.32 Å². The first kappa shape index (κ1) is 21.6. The molecule has 29 heavy (non-hydrogen) atoms. The number of rotatable bonds is 7. The number of benzene rings is 2. The molecule has 2 aromatic carbocycles. The van der Waals surface area contributed by atoms with Gasteiger partial charge in [-0.2, -0.15) is 0 Å². The Morgan fingerprint density at radius 3 is 2.55 bits per heavy atom. The monoisotopic (exact) mass is 418 g/mol. The van der Waals surface area contributed by atoms with Gasteiger partial charge < -0.3 is 15.3 Å². The standard InChI is InChI=1S/C23H28ClFN2O2/c1-14-20(23(14,2)16-8-6-5-7-9-16)22(29)26-13-17(27(3)4)10-15-11-18(24)21(28)19(25)12-15/h5-9,11-12,14,17,20,28H,10,13H2,1-4H3,(H,26,29)/t14-,17-,20?,23+/m0/s1. The SMILES string of the molecule is C[C@H]1C(C(=O)NC[C@H](Cc2cc(F)c(O)c(Cl)c2)N(C)C)[C@@]1(C)c1ccccc1. The topological polar surface area (TPSA) is 52.6 Å². The number of phenolic OH excluding ortho intramolecular Hbond substituents is 1. The van der Waals surface area contributed by atoms with Gasteiger partial charge in [-0.25, -0.2) is 4.39 Å². The van der Waals surface area contributed by atoms with E-state index in [-0.39, 0.29) is 34.2 Å². The Hall–Kier alpha value is -2.11. The van der Waals surface area contributed by atoms with E-state index >= 15 is 0 Å². The molecule has 0 bridgehead atoms. The van der Waals surface area contributed by atoms with Crippen molar-refractivity contribution in [2.24, 2.45) is 11.8 Å². The van der Waals surface area contributed by atoms with Gasteiger partial charge in [0, 0.05) is 18.0 Å². The van der Waals surface area contributed by atoms with Crippen LogP contribution in [0.15, 0.2) is 42.5 Å². The van der Waals surface area contributed by atoms with Crippen LogP contribution in [0.1, 0.15) is 25.0 Å². The summed E-state index contributed by atoms with van der Waals surface area (Å²) in [5, 5.41) is 12.6. The lowest BCUT2D eigenvalue weighted by molar-refractivity contribution is -0.123. The normalized spacial score (nSPS) is 24.4. The Labute approximate surface area is 176 Å². The quantitative estimate of drug-likeness (QED) is 0.714. The fraction of sp³-hybridized carbons (Fsp3) is 0.435. The number of nitrogens with one attached hydrogen (secondary N) is 1. The molecule has 0 radical (unpaired) electrons. The molecule has 156 valence electrons. The first-order chi connectivity index (χ1) is 13.7. The maximum Gasteiger partial charge on any atom is 0.224 e. The van der Waals surface area contributed by atoms with Gasteiger partial charge in [0.25, 0.3) is 0 Å².